The molecule has 1 aliphatic heterocycles. The van der Waals surface area contributed by atoms with Gasteiger partial charge >= 0.3 is 0 Å². The number of para-hydroxylation sites is 1. The van der Waals surface area contributed by atoms with Crippen molar-refractivity contribution in [2.75, 3.05) is 24.7 Å². The lowest BCUT2D eigenvalue weighted by atomic mass is 10.0. The Kier molecular flexibility index (Phi) is 4.02. The van der Waals surface area contributed by atoms with Crippen molar-refractivity contribution >= 4 is 5.69 Å². The molecule has 1 heterocycles. The molecule has 3 nitrogen and oxygen atoms in total. The number of hydrogen-bond donors (Lipinski definition) is 1. The van der Waals surface area contributed by atoms with Gasteiger partial charge in [-0.1, -0.05) is 25.1 Å². The molecule has 1 fully saturated rings. The molecule has 0 aromatic heterocycles. The van der Waals surface area contributed by atoms with Crippen molar-refractivity contribution in [2.45, 2.75) is 32.4 Å². The van der Waals surface area contributed by atoms with Crippen molar-refractivity contribution in [1.82, 2.24) is 0 Å². The van der Waals surface area contributed by atoms with E-state index in [0.29, 0.717) is 6.04 Å². The van der Waals surface area contributed by atoms with Crippen molar-refractivity contribution in [3.8, 4) is 0 Å². The van der Waals surface area contributed by atoms with Gasteiger partial charge in [0.25, 0.3) is 0 Å². The second kappa shape index (κ2) is 5.52. The second-order valence-corrected chi connectivity index (χ2v) is 4.69. The van der Waals surface area contributed by atoms with E-state index in [-0.39, 0.29) is 6.04 Å². The summed E-state index contributed by atoms with van der Waals surface area (Å²) in [5.41, 5.74) is 8.72. The van der Waals surface area contributed by atoms with E-state index in [1.54, 1.807) is 0 Å². The molecule has 0 radical (unpaired) electrons. The minimum Gasteiger partial charge on any atom is -0.377 e. The van der Waals surface area contributed by atoms with Gasteiger partial charge in [0.05, 0.1) is 13.2 Å². The minimum atomic E-state index is 0.126. The van der Waals surface area contributed by atoms with Crippen LogP contribution in [0.3, 0.4) is 0 Å². The van der Waals surface area contributed by atoms with Crippen LogP contribution < -0.4 is 10.6 Å². The van der Waals surface area contributed by atoms with Crippen LogP contribution in [0.25, 0.3) is 0 Å². The Hall–Kier alpha value is -1.06. The van der Waals surface area contributed by atoms with E-state index in [2.05, 4.69) is 43.0 Å². The molecule has 1 unspecified atom stereocenters. The molecule has 0 bridgehead atoms. The number of hydrogen-bond acceptors (Lipinski definition) is 3. The van der Waals surface area contributed by atoms with Gasteiger partial charge in [0.15, 0.2) is 0 Å². The number of benzene rings is 1. The Labute approximate surface area is 104 Å². The predicted molar refractivity (Wildman–Crippen MR) is 71.3 cm³/mol. The number of morpholine rings is 1. The fraction of sp³-hybridized carbons (Fsp3) is 0.571. The molecule has 2 atom stereocenters. The van der Waals surface area contributed by atoms with Crippen molar-refractivity contribution < 1.29 is 4.74 Å². The van der Waals surface area contributed by atoms with Gasteiger partial charge in [0.2, 0.25) is 0 Å². The van der Waals surface area contributed by atoms with E-state index in [1.165, 1.54) is 11.3 Å². The summed E-state index contributed by atoms with van der Waals surface area (Å²) in [6.07, 6.45) is 0.968. The number of ether oxygens (including phenoxy) is 1. The summed E-state index contributed by atoms with van der Waals surface area (Å²) in [5, 5.41) is 0. The first-order valence-electron chi connectivity index (χ1n) is 6.43. The largest absolute Gasteiger partial charge is 0.377 e. The van der Waals surface area contributed by atoms with E-state index in [4.69, 9.17) is 10.5 Å². The first-order valence-corrected chi connectivity index (χ1v) is 6.43. The Balaban J connectivity index is 2.30. The Morgan fingerprint density at radius 3 is 2.94 bits per heavy atom. The average molecular weight is 234 g/mol. The van der Waals surface area contributed by atoms with Crippen LogP contribution in [0.1, 0.15) is 31.9 Å². The fourth-order valence-corrected chi connectivity index (χ4v) is 2.37. The molecule has 0 amide bonds. The maximum absolute atomic E-state index is 6.19. The van der Waals surface area contributed by atoms with Crippen molar-refractivity contribution in [1.29, 1.82) is 0 Å². The van der Waals surface area contributed by atoms with Crippen LogP contribution in [0.5, 0.6) is 0 Å². The van der Waals surface area contributed by atoms with E-state index >= 15 is 0 Å². The Morgan fingerprint density at radius 1 is 1.47 bits per heavy atom. The minimum absolute atomic E-state index is 0.126. The standard InChI is InChI=1S/C14H22N2O/c1-3-13(15)12-6-4-5-7-14(12)16-8-9-17-10-11(16)2/h4-7,11,13H,3,8-10,15H2,1-2H3/t11?,13-/m1/s1. The van der Waals surface area contributed by atoms with Crippen LogP contribution in [0, 0.1) is 0 Å². The molecule has 94 valence electrons. The molecule has 2 rings (SSSR count). The first-order chi connectivity index (χ1) is 8.24. The summed E-state index contributed by atoms with van der Waals surface area (Å²) in [6, 6.07) is 9.02. The molecule has 3 heteroatoms. The molecule has 1 saturated heterocycles. The monoisotopic (exact) mass is 234 g/mol. The van der Waals surface area contributed by atoms with E-state index in [9.17, 15) is 0 Å². The third-order valence-corrected chi connectivity index (χ3v) is 3.45. The van der Waals surface area contributed by atoms with Crippen LogP contribution in [0.15, 0.2) is 24.3 Å². The smallest absolute Gasteiger partial charge is 0.0668 e. The average Bonchev–Trinajstić information content (AvgIpc) is 2.38. The normalized spacial score (nSPS) is 22.5. The zero-order valence-electron chi connectivity index (χ0n) is 10.7. The summed E-state index contributed by atoms with van der Waals surface area (Å²) in [7, 11) is 0. The van der Waals surface area contributed by atoms with E-state index in [0.717, 1.165) is 26.2 Å². The highest BCUT2D eigenvalue weighted by molar-refractivity contribution is 5.56. The molecule has 1 aromatic rings. The quantitative estimate of drug-likeness (QED) is 0.872. The summed E-state index contributed by atoms with van der Waals surface area (Å²) in [5.74, 6) is 0. The molecule has 2 N–H and O–H groups in total. The Morgan fingerprint density at radius 2 is 2.24 bits per heavy atom. The van der Waals surface area contributed by atoms with Gasteiger partial charge in [-0.15, -0.1) is 0 Å². The predicted octanol–water partition coefficient (Wildman–Crippen LogP) is 2.32. The maximum atomic E-state index is 6.19. The van der Waals surface area contributed by atoms with E-state index < -0.39 is 0 Å². The summed E-state index contributed by atoms with van der Waals surface area (Å²) < 4.78 is 5.49. The maximum Gasteiger partial charge on any atom is 0.0668 e. The van der Waals surface area contributed by atoms with Gasteiger partial charge < -0.3 is 15.4 Å². The lowest BCUT2D eigenvalue weighted by Gasteiger charge is -2.37. The second-order valence-electron chi connectivity index (χ2n) is 4.69. The highest BCUT2D eigenvalue weighted by Crippen LogP contribution is 2.29. The number of anilines is 1. The zero-order valence-corrected chi connectivity index (χ0v) is 10.7. The molecule has 0 saturated carbocycles. The lowest BCUT2D eigenvalue weighted by Crippen LogP contribution is -2.44. The highest BCUT2D eigenvalue weighted by Gasteiger charge is 2.22. The van der Waals surface area contributed by atoms with Crippen LogP contribution in [0.2, 0.25) is 0 Å². The van der Waals surface area contributed by atoms with Gasteiger partial charge in [0, 0.05) is 24.3 Å². The van der Waals surface area contributed by atoms with Crippen molar-refractivity contribution in [2.24, 2.45) is 5.73 Å². The summed E-state index contributed by atoms with van der Waals surface area (Å²) in [6.45, 7) is 6.89. The van der Waals surface area contributed by atoms with Crippen LogP contribution in [-0.4, -0.2) is 25.8 Å². The van der Waals surface area contributed by atoms with Crippen molar-refractivity contribution in [3.05, 3.63) is 29.8 Å². The topological polar surface area (TPSA) is 38.5 Å². The Bertz CT molecular complexity index is 367. The van der Waals surface area contributed by atoms with Crippen molar-refractivity contribution in [3.63, 3.8) is 0 Å². The SMILES string of the molecule is CC[C@@H](N)c1ccccc1N1CCOCC1C. The molecular weight excluding hydrogens is 212 g/mol. The van der Waals surface area contributed by atoms with Gasteiger partial charge in [-0.2, -0.15) is 0 Å². The number of nitrogens with two attached hydrogens (primary N) is 1. The molecule has 0 spiro atoms. The van der Waals surface area contributed by atoms with Gasteiger partial charge in [-0.05, 0) is 25.0 Å². The van der Waals surface area contributed by atoms with Crippen LogP contribution >= 0.6 is 0 Å². The van der Waals surface area contributed by atoms with E-state index in [1.807, 2.05) is 0 Å². The first kappa shape index (κ1) is 12.4. The number of nitrogens with zero attached hydrogens (tertiary/aromatic N) is 1. The van der Waals surface area contributed by atoms with Gasteiger partial charge in [-0.25, -0.2) is 0 Å². The molecule has 0 aliphatic carbocycles. The summed E-state index contributed by atoms with van der Waals surface area (Å²) >= 11 is 0. The zero-order chi connectivity index (χ0) is 12.3. The molecule has 1 aromatic carbocycles. The third-order valence-electron chi connectivity index (χ3n) is 3.45. The molecular formula is C14H22N2O. The molecule has 17 heavy (non-hydrogen) atoms. The van der Waals surface area contributed by atoms with Crippen LogP contribution in [-0.2, 0) is 4.74 Å². The lowest BCUT2D eigenvalue weighted by molar-refractivity contribution is 0.0988. The van der Waals surface area contributed by atoms with Gasteiger partial charge in [-0.3, -0.25) is 0 Å². The number of rotatable bonds is 3. The van der Waals surface area contributed by atoms with Crippen LogP contribution in [0.4, 0.5) is 5.69 Å². The molecule has 1 aliphatic rings. The highest BCUT2D eigenvalue weighted by atomic mass is 16.5. The van der Waals surface area contributed by atoms with Gasteiger partial charge in [0.1, 0.15) is 0 Å². The summed E-state index contributed by atoms with van der Waals surface area (Å²) in [4.78, 5) is 2.41. The fourth-order valence-electron chi connectivity index (χ4n) is 2.37. The third kappa shape index (κ3) is 2.61.